The van der Waals surface area contributed by atoms with Gasteiger partial charge in [-0.2, -0.15) is 4.31 Å². The minimum absolute atomic E-state index is 0.0586. The first-order chi connectivity index (χ1) is 8.46. The Morgan fingerprint density at radius 2 is 1.94 bits per heavy atom. The van der Waals surface area contributed by atoms with Gasteiger partial charge >= 0.3 is 5.97 Å². The van der Waals surface area contributed by atoms with Gasteiger partial charge in [0.15, 0.2) is 0 Å². The van der Waals surface area contributed by atoms with E-state index in [0.717, 1.165) is 0 Å². The normalized spacial score (nSPS) is 17.4. The molecule has 0 atom stereocenters. The summed E-state index contributed by atoms with van der Waals surface area (Å²) >= 11 is 0. The standard InChI is InChI=1S/C11H13NO5S/c13-7-8-5-12(6-8)18(16,17)10-4-2-1-3-9(10)11(14)15/h1-4,8,13H,5-7H2,(H,14,15). The lowest BCUT2D eigenvalue weighted by atomic mass is 10.1. The molecule has 0 radical (unpaired) electrons. The van der Waals surface area contributed by atoms with Gasteiger partial charge in [-0.05, 0) is 12.1 Å². The average Bonchev–Trinajstić information content (AvgIpc) is 2.27. The fourth-order valence-corrected chi connectivity index (χ4v) is 3.62. The highest BCUT2D eigenvalue weighted by Gasteiger charge is 2.37. The third kappa shape index (κ3) is 2.12. The lowest BCUT2D eigenvalue weighted by Crippen LogP contribution is -2.51. The van der Waals surface area contributed by atoms with Crippen LogP contribution >= 0.6 is 0 Å². The smallest absolute Gasteiger partial charge is 0.337 e. The fourth-order valence-electron chi connectivity index (χ4n) is 1.84. The van der Waals surface area contributed by atoms with Gasteiger partial charge in [0.2, 0.25) is 10.0 Å². The maximum absolute atomic E-state index is 12.2. The molecule has 2 N–H and O–H groups in total. The largest absolute Gasteiger partial charge is 0.478 e. The van der Waals surface area contributed by atoms with Gasteiger partial charge in [0, 0.05) is 25.6 Å². The number of rotatable bonds is 4. The summed E-state index contributed by atoms with van der Waals surface area (Å²) in [6, 6.07) is 5.52. The van der Waals surface area contributed by atoms with Gasteiger partial charge in [0.1, 0.15) is 0 Å². The van der Waals surface area contributed by atoms with Crippen molar-refractivity contribution in [3.8, 4) is 0 Å². The molecule has 1 aliphatic rings. The van der Waals surface area contributed by atoms with E-state index in [0.29, 0.717) is 0 Å². The number of aromatic carboxylic acids is 1. The molecule has 1 fully saturated rings. The van der Waals surface area contributed by atoms with E-state index >= 15 is 0 Å². The summed E-state index contributed by atoms with van der Waals surface area (Å²) in [6.45, 7) is 0.395. The third-order valence-corrected chi connectivity index (χ3v) is 4.81. The van der Waals surface area contributed by atoms with Crippen LogP contribution in [-0.4, -0.2) is 48.6 Å². The van der Waals surface area contributed by atoms with Crippen molar-refractivity contribution in [2.24, 2.45) is 5.92 Å². The monoisotopic (exact) mass is 271 g/mol. The second-order valence-electron chi connectivity index (χ2n) is 4.17. The van der Waals surface area contributed by atoms with Crippen LogP contribution in [0.3, 0.4) is 0 Å². The average molecular weight is 271 g/mol. The van der Waals surface area contributed by atoms with E-state index in [1.807, 2.05) is 0 Å². The Bertz CT molecular complexity index is 563. The summed E-state index contributed by atoms with van der Waals surface area (Å²) in [7, 11) is -3.78. The van der Waals surface area contributed by atoms with Crippen LogP contribution in [0.1, 0.15) is 10.4 Å². The van der Waals surface area contributed by atoms with Crippen LogP contribution in [0.5, 0.6) is 0 Å². The van der Waals surface area contributed by atoms with Crippen molar-refractivity contribution in [2.45, 2.75) is 4.90 Å². The second-order valence-corrected chi connectivity index (χ2v) is 6.08. The zero-order chi connectivity index (χ0) is 13.3. The predicted molar refractivity (Wildman–Crippen MR) is 62.7 cm³/mol. The van der Waals surface area contributed by atoms with Gasteiger partial charge in [0.05, 0.1) is 10.5 Å². The highest BCUT2D eigenvalue weighted by molar-refractivity contribution is 7.89. The van der Waals surface area contributed by atoms with Gasteiger partial charge in [-0.15, -0.1) is 0 Å². The van der Waals surface area contributed by atoms with Crippen LogP contribution in [0.4, 0.5) is 0 Å². The van der Waals surface area contributed by atoms with E-state index in [1.54, 1.807) is 0 Å². The summed E-state index contributed by atoms with van der Waals surface area (Å²) in [6.07, 6.45) is 0. The molecule has 7 heteroatoms. The zero-order valence-corrected chi connectivity index (χ0v) is 10.3. The first kappa shape index (κ1) is 13.0. The molecule has 0 aromatic heterocycles. The SMILES string of the molecule is O=C(O)c1ccccc1S(=O)(=O)N1CC(CO)C1. The van der Waals surface area contributed by atoms with Crippen molar-refractivity contribution in [3.05, 3.63) is 29.8 Å². The van der Waals surface area contributed by atoms with Gasteiger partial charge in [0.25, 0.3) is 0 Å². The molecule has 1 aromatic rings. The number of benzene rings is 1. The lowest BCUT2D eigenvalue weighted by molar-refractivity contribution is 0.0691. The van der Waals surface area contributed by atoms with Crippen LogP contribution in [0.2, 0.25) is 0 Å². The van der Waals surface area contributed by atoms with E-state index < -0.39 is 16.0 Å². The molecule has 0 spiro atoms. The van der Waals surface area contributed by atoms with E-state index in [4.69, 9.17) is 10.2 Å². The molecule has 2 rings (SSSR count). The topological polar surface area (TPSA) is 94.9 Å². The number of hydrogen-bond acceptors (Lipinski definition) is 4. The maximum Gasteiger partial charge on any atom is 0.337 e. The first-order valence-corrected chi connectivity index (χ1v) is 6.84. The molecule has 0 saturated carbocycles. The first-order valence-electron chi connectivity index (χ1n) is 5.40. The van der Waals surface area contributed by atoms with Crippen LogP contribution in [-0.2, 0) is 10.0 Å². The van der Waals surface area contributed by atoms with E-state index in [1.165, 1.54) is 28.6 Å². The van der Waals surface area contributed by atoms with Crippen LogP contribution < -0.4 is 0 Å². The van der Waals surface area contributed by atoms with Crippen LogP contribution in [0.15, 0.2) is 29.2 Å². The van der Waals surface area contributed by atoms with E-state index in [9.17, 15) is 13.2 Å². The molecule has 0 aliphatic carbocycles. The van der Waals surface area contributed by atoms with E-state index in [2.05, 4.69) is 0 Å². The second kappa shape index (κ2) is 4.68. The van der Waals surface area contributed by atoms with Gasteiger partial charge < -0.3 is 10.2 Å². The summed E-state index contributed by atoms with van der Waals surface area (Å²) < 4.78 is 25.5. The number of aliphatic hydroxyl groups excluding tert-OH is 1. The molecule has 18 heavy (non-hydrogen) atoms. The number of aliphatic hydroxyl groups is 1. The number of carboxylic acids is 1. The van der Waals surface area contributed by atoms with Crippen molar-refractivity contribution in [2.75, 3.05) is 19.7 Å². The molecule has 1 aliphatic heterocycles. The summed E-state index contributed by atoms with van der Waals surface area (Å²) in [5.41, 5.74) is -0.232. The Balaban J connectivity index is 2.34. The Hall–Kier alpha value is -1.44. The van der Waals surface area contributed by atoms with Gasteiger partial charge in [-0.25, -0.2) is 13.2 Å². The Labute approximate surface area is 105 Å². The molecule has 1 aromatic carbocycles. The molecular formula is C11H13NO5S. The maximum atomic E-state index is 12.2. The van der Waals surface area contributed by atoms with Crippen LogP contribution in [0.25, 0.3) is 0 Å². The Morgan fingerprint density at radius 3 is 2.50 bits per heavy atom. The van der Waals surface area contributed by atoms with Crippen molar-refractivity contribution in [3.63, 3.8) is 0 Å². The van der Waals surface area contributed by atoms with Crippen molar-refractivity contribution >= 4 is 16.0 Å². The molecule has 6 nitrogen and oxygen atoms in total. The van der Waals surface area contributed by atoms with Crippen LogP contribution in [0, 0.1) is 5.92 Å². The Morgan fingerprint density at radius 1 is 1.33 bits per heavy atom. The molecule has 0 unspecified atom stereocenters. The quantitative estimate of drug-likeness (QED) is 0.803. The molecular weight excluding hydrogens is 258 g/mol. The third-order valence-electron chi connectivity index (χ3n) is 2.92. The summed E-state index contributed by atoms with van der Waals surface area (Å²) in [4.78, 5) is 10.8. The fraction of sp³-hybridized carbons (Fsp3) is 0.364. The van der Waals surface area contributed by atoms with Crippen molar-refractivity contribution < 1.29 is 23.4 Å². The number of sulfonamides is 1. The minimum atomic E-state index is -3.78. The lowest BCUT2D eigenvalue weighted by Gasteiger charge is -2.37. The molecule has 0 bridgehead atoms. The number of hydrogen-bond donors (Lipinski definition) is 2. The van der Waals surface area contributed by atoms with Gasteiger partial charge in [-0.1, -0.05) is 12.1 Å². The predicted octanol–water partition coefficient (Wildman–Crippen LogP) is -0.00240. The van der Waals surface area contributed by atoms with Gasteiger partial charge in [-0.3, -0.25) is 0 Å². The highest BCUT2D eigenvalue weighted by atomic mass is 32.2. The molecule has 1 heterocycles. The Kier molecular flexibility index (Phi) is 3.38. The summed E-state index contributed by atoms with van der Waals surface area (Å²) in [5.74, 6) is -1.33. The minimum Gasteiger partial charge on any atom is -0.478 e. The molecule has 1 saturated heterocycles. The van der Waals surface area contributed by atoms with E-state index in [-0.39, 0.29) is 36.1 Å². The summed E-state index contributed by atoms with van der Waals surface area (Å²) in [5, 5.41) is 17.8. The zero-order valence-electron chi connectivity index (χ0n) is 9.48. The molecule has 98 valence electrons. The number of carboxylic acid groups (broad SMARTS) is 1. The molecule has 0 amide bonds. The number of carbonyl (C=O) groups is 1. The van der Waals surface area contributed by atoms with Crippen molar-refractivity contribution in [1.29, 1.82) is 0 Å². The number of nitrogens with zero attached hydrogens (tertiary/aromatic N) is 1. The van der Waals surface area contributed by atoms with Crippen molar-refractivity contribution in [1.82, 2.24) is 4.31 Å². The highest BCUT2D eigenvalue weighted by Crippen LogP contribution is 2.26.